The summed E-state index contributed by atoms with van der Waals surface area (Å²) < 4.78 is 0. The second-order valence-corrected chi connectivity index (χ2v) is 1.72. The molecule has 0 rings (SSSR count). The number of allylic oxidation sites excluding steroid dienone is 2. The van der Waals surface area contributed by atoms with Crippen LogP contribution in [0.15, 0.2) is 24.3 Å². The molecule has 2 nitrogen and oxygen atoms in total. The summed E-state index contributed by atoms with van der Waals surface area (Å²) >= 11 is 0. The Hall–Kier alpha value is -1.05. The van der Waals surface area contributed by atoms with E-state index in [-0.39, 0.29) is 0 Å². The van der Waals surface area contributed by atoms with Gasteiger partial charge in [-0.05, 0) is 13.3 Å². The van der Waals surface area contributed by atoms with Gasteiger partial charge in [0.25, 0.3) is 0 Å². The van der Waals surface area contributed by atoms with Gasteiger partial charge >= 0.3 is 5.97 Å². The van der Waals surface area contributed by atoms with Crippen LogP contribution in [-0.2, 0) is 4.79 Å². The van der Waals surface area contributed by atoms with Crippen molar-refractivity contribution in [3.05, 3.63) is 24.3 Å². The first-order valence-electron chi connectivity index (χ1n) is 2.69. The molecule has 0 saturated heterocycles. The molecule has 9 heavy (non-hydrogen) atoms. The summed E-state index contributed by atoms with van der Waals surface area (Å²) in [6.07, 6.45) is 3.90. The maximum Gasteiger partial charge on any atom is 0.330 e. The first kappa shape index (κ1) is 7.95. The monoisotopic (exact) mass is 126 g/mol. The summed E-state index contributed by atoms with van der Waals surface area (Å²) in [5.41, 5.74) is 0.370. The zero-order chi connectivity index (χ0) is 7.28. The summed E-state index contributed by atoms with van der Waals surface area (Å²) in [6, 6.07) is 0. The molecule has 0 heterocycles. The van der Waals surface area contributed by atoms with Crippen LogP contribution in [0.1, 0.15) is 13.3 Å². The Kier molecular flexibility index (Phi) is 3.44. The molecule has 0 aliphatic rings. The van der Waals surface area contributed by atoms with Crippen LogP contribution < -0.4 is 0 Å². The van der Waals surface area contributed by atoms with Gasteiger partial charge in [0.15, 0.2) is 0 Å². The molecule has 0 atom stereocenters. The Bertz CT molecular complexity index is 145. The zero-order valence-electron chi connectivity index (χ0n) is 5.42. The van der Waals surface area contributed by atoms with Gasteiger partial charge in [0.05, 0.1) is 0 Å². The summed E-state index contributed by atoms with van der Waals surface area (Å²) in [7, 11) is 0. The molecule has 0 aromatic carbocycles. The SMILES string of the molecule is C=CC/C=C(\C)C(=O)O. The van der Waals surface area contributed by atoms with Crippen molar-refractivity contribution in [2.75, 3.05) is 0 Å². The van der Waals surface area contributed by atoms with E-state index in [2.05, 4.69) is 6.58 Å². The van der Waals surface area contributed by atoms with Crippen LogP contribution in [0.3, 0.4) is 0 Å². The summed E-state index contributed by atoms with van der Waals surface area (Å²) in [6.45, 7) is 5.02. The van der Waals surface area contributed by atoms with Crippen LogP contribution in [0.25, 0.3) is 0 Å². The first-order chi connectivity index (χ1) is 4.18. The van der Waals surface area contributed by atoms with Gasteiger partial charge in [-0.1, -0.05) is 12.2 Å². The number of hydrogen-bond donors (Lipinski definition) is 1. The Balaban J connectivity index is 3.83. The number of carboxylic acids is 1. The third-order valence-corrected chi connectivity index (χ3v) is 0.928. The standard InChI is InChI=1S/C7H10O2/c1-3-4-5-6(2)7(8)9/h3,5H,1,4H2,2H3,(H,8,9)/b6-5+. The fourth-order valence-corrected chi connectivity index (χ4v) is 0.347. The molecular formula is C7H10O2. The third kappa shape index (κ3) is 3.53. The molecule has 0 aliphatic heterocycles. The highest BCUT2D eigenvalue weighted by Crippen LogP contribution is 1.94. The van der Waals surface area contributed by atoms with E-state index in [1.165, 1.54) is 0 Å². The lowest BCUT2D eigenvalue weighted by molar-refractivity contribution is -0.132. The smallest absolute Gasteiger partial charge is 0.330 e. The number of aliphatic carboxylic acids is 1. The van der Waals surface area contributed by atoms with Crippen molar-refractivity contribution in [2.45, 2.75) is 13.3 Å². The van der Waals surface area contributed by atoms with E-state index in [1.807, 2.05) is 0 Å². The van der Waals surface area contributed by atoms with E-state index in [1.54, 1.807) is 19.1 Å². The van der Waals surface area contributed by atoms with Crippen LogP contribution in [0.2, 0.25) is 0 Å². The minimum atomic E-state index is -0.864. The van der Waals surface area contributed by atoms with Gasteiger partial charge < -0.3 is 5.11 Å². The molecule has 0 bridgehead atoms. The summed E-state index contributed by atoms with van der Waals surface area (Å²) in [4.78, 5) is 10.1. The van der Waals surface area contributed by atoms with E-state index < -0.39 is 5.97 Å². The number of carboxylic acid groups (broad SMARTS) is 1. The molecule has 0 unspecified atom stereocenters. The van der Waals surface area contributed by atoms with Crippen LogP contribution in [-0.4, -0.2) is 11.1 Å². The summed E-state index contributed by atoms with van der Waals surface area (Å²) in [5.74, 6) is -0.864. The van der Waals surface area contributed by atoms with E-state index >= 15 is 0 Å². The molecular weight excluding hydrogens is 116 g/mol. The predicted molar refractivity (Wildman–Crippen MR) is 36.2 cm³/mol. The van der Waals surface area contributed by atoms with E-state index in [0.717, 1.165) is 0 Å². The fraction of sp³-hybridized carbons (Fsp3) is 0.286. The molecule has 0 fully saturated rings. The topological polar surface area (TPSA) is 37.3 Å². The Morgan fingerprint density at radius 3 is 2.67 bits per heavy atom. The normalized spacial score (nSPS) is 11.0. The lowest BCUT2D eigenvalue weighted by atomic mass is 10.2. The molecule has 0 saturated carbocycles. The molecule has 0 aromatic heterocycles. The fourth-order valence-electron chi connectivity index (χ4n) is 0.347. The van der Waals surface area contributed by atoms with Crippen molar-refractivity contribution >= 4 is 5.97 Å². The molecule has 0 radical (unpaired) electrons. The Morgan fingerprint density at radius 1 is 1.78 bits per heavy atom. The van der Waals surface area contributed by atoms with Crippen LogP contribution in [0, 0.1) is 0 Å². The third-order valence-electron chi connectivity index (χ3n) is 0.928. The lowest BCUT2D eigenvalue weighted by Crippen LogP contribution is -1.94. The van der Waals surface area contributed by atoms with Crippen LogP contribution in [0.4, 0.5) is 0 Å². The van der Waals surface area contributed by atoms with Crippen molar-refractivity contribution in [3.8, 4) is 0 Å². The van der Waals surface area contributed by atoms with Gasteiger partial charge in [-0.2, -0.15) is 0 Å². The van der Waals surface area contributed by atoms with Gasteiger partial charge in [0.1, 0.15) is 0 Å². The van der Waals surface area contributed by atoms with Crippen molar-refractivity contribution in [1.29, 1.82) is 0 Å². The predicted octanol–water partition coefficient (Wildman–Crippen LogP) is 1.59. The second-order valence-electron chi connectivity index (χ2n) is 1.72. The highest BCUT2D eigenvalue weighted by atomic mass is 16.4. The molecule has 0 spiro atoms. The molecule has 2 heteroatoms. The first-order valence-corrected chi connectivity index (χ1v) is 2.69. The van der Waals surface area contributed by atoms with Crippen molar-refractivity contribution in [2.24, 2.45) is 0 Å². The molecule has 0 aliphatic carbocycles. The van der Waals surface area contributed by atoms with Gasteiger partial charge in [0, 0.05) is 5.57 Å². The Morgan fingerprint density at radius 2 is 2.33 bits per heavy atom. The highest BCUT2D eigenvalue weighted by Gasteiger charge is 1.95. The van der Waals surface area contributed by atoms with E-state index in [9.17, 15) is 4.79 Å². The number of rotatable bonds is 3. The van der Waals surface area contributed by atoms with Gasteiger partial charge in [0.2, 0.25) is 0 Å². The molecule has 0 amide bonds. The highest BCUT2D eigenvalue weighted by molar-refractivity contribution is 5.85. The van der Waals surface area contributed by atoms with Gasteiger partial charge in [-0.3, -0.25) is 0 Å². The van der Waals surface area contributed by atoms with Crippen molar-refractivity contribution < 1.29 is 9.90 Å². The van der Waals surface area contributed by atoms with Crippen molar-refractivity contribution in [1.82, 2.24) is 0 Å². The van der Waals surface area contributed by atoms with Gasteiger partial charge in [-0.15, -0.1) is 6.58 Å². The Labute approximate surface area is 54.5 Å². The maximum absolute atomic E-state index is 10.1. The second kappa shape index (κ2) is 3.89. The minimum Gasteiger partial charge on any atom is -0.478 e. The average Bonchev–Trinajstić information content (AvgIpc) is 1.82. The van der Waals surface area contributed by atoms with Crippen LogP contribution >= 0.6 is 0 Å². The molecule has 50 valence electrons. The minimum absolute atomic E-state index is 0.370. The largest absolute Gasteiger partial charge is 0.478 e. The maximum atomic E-state index is 10.1. The zero-order valence-corrected chi connectivity index (χ0v) is 5.42. The van der Waals surface area contributed by atoms with E-state index in [4.69, 9.17) is 5.11 Å². The lowest BCUT2D eigenvalue weighted by Gasteiger charge is -1.87. The molecule has 1 N–H and O–H groups in total. The number of hydrogen-bond acceptors (Lipinski definition) is 1. The summed E-state index contributed by atoms with van der Waals surface area (Å²) in [5, 5.41) is 8.31. The van der Waals surface area contributed by atoms with Crippen LogP contribution in [0.5, 0.6) is 0 Å². The van der Waals surface area contributed by atoms with Gasteiger partial charge in [-0.25, -0.2) is 4.79 Å². The van der Waals surface area contributed by atoms with E-state index in [0.29, 0.717) is 12.0 Å². The number of carbonyl (C=O) groups is 1. The average molecular weight is 126 g/mol. The van der Waals surface area contributed by atoms with Crippen molar-refractivity contribution in [3.63, 3.8) is 0 Å². The molecule has 0 aromatic rings. The quantitative estimate of drug-likeness (QED) is 0.460.